The summed E-state index contributed by atoms with van der Waals surface area (Å²) in [5.41, 5.74) is 0. The van der Waals surface area contributed by atoms with Crippen LogP contribution in [0.1, 0.15) is 117 Å². The average Bonchev–Trinajstić information content (AvgIpc) is 3.08. The Morgan fingerprint density at radius 2 is 1.45 bits per heavy atom. The fourth-order valence-corrected chi connectivity index (χ4v) is 3.36. The van der Waals surface area contributed by atoms with Gasteiger partial charge in [0.2, 0.25) is 5.91 Å². The van der Waals surface area contributed by atoms with E-state index in [1.807, 2.05) is 14.0 Å². The summed E-state index contributed by atoms with van der Waals surface area (Å²) < 4.78 is 4.91. The Bertz CT molecular complexity index is 420. The van der Waals surface area contributed by atoms with Crippen molar-refractivity contribution in [3.8, 4) is 0 Å². The lowest BCUT2D eigenvalue weighted by Gasteiger charge is -2.03. The van der Waals surface area contributed by atoms with Gasteiger partial charge in [0.25, 0.3) is 0 Å². The largest absolute Gasteiger partial charge is 0.466 e. The van der Waals surface area contributed by atoms with Gasteiger partial charge in [0.15, 0.2) is 0 Å². The van der Waals surface area contributed by atoms with Crippen LogP contribution in [-0.2, 0) is 14.3 Å². The van der Waals surface area contributed by atoms with Crippen LogP contribution in [0.5, 0.6) is 0 Å². The van der Waals surface area contributed by atoms with Gasteiger partial charge in [0.1, 0.15) is 0 Å². The number of likely N-dealkylation sites (tertiary alicyclic amines) is 1. The summed E-state index contributed by atoms with van der Waals surface area (Å²) in [6, 6.07) is 0. The monoisotopic (exact) mass is 409 g/mol. The second kappa shape index (κ2) is 21.4. The first kappa shape index (κ1) is 27.7. The zero-order chi connectivity index (χ0) is 21.6. The maximum Gasteiger partial charge on any atom is 0.305 e. The van der Waals surface area contributed by atoms with Crippen molar-refractivity contribution in [2.24, 2.45) is 0 Å². The number of amides is 1. The Morgan fingerprint density at radius 3 is 1.90 bits per heavy atom. The van der Waals surface area contributed by atoms with Crippen LogP contribution in [-0.4, -0.2) is 37.0 Å². The molecule has 0 aliphatic carbocycles. The van der Waals surface area contributed by atoms with Crippen molar-refractivity contribution in [1.29, 1.82) is 0 Å². The molecule has 0 radical (unpaired) electrons. The van der Waals surface area contributed by atoms with E-state index >= 15 is 0 Å². The van der Waals surface area contributed by atoms with Gasteiger partial charge in [-0.3, -0.25) is 9.59 Å². The minimum Gasteiger partial charge on any atom is -0.466 e. The Morgan fingerprint density at radius 1 is 0.897 bits per heavy atom. The van der Waals surface area contributed by atoms with Crippen molar-refractivity contribution in [1.82, 2.24) is 4.90 Å². The number of allylic oxidation sites excluding steroid dienone is 2. The van der Waals surface area contributed by atoms with Crippen LogP contribution in [0.2, 0.25) is 0 Å². The first-order chi connectivity index (χ1) is 14.1. The van der Waals surface area contributed by atoms with Gasteiger partial charge in [0.05, 0.1) is 6.61 Å². The highest BCUT2D eigenvalue weighted by Crippen LogP contribution is 2.10. The molecule has 0 N–H and O–H groups in total. The molecule has 1 rings (SSSR count). The van der Waals surface area contributed by atoms with Crippen LogP contribution >= 0.6 is 0 Å². The summed E-state index contributed by atoms with van der Waals surface area (Å²) in [5, 5.41) is 0. The highest BCUT2D eigenvalue weighted by atomic mass is 16.5. The first-order valence-electron chi connectivity index (χ1n) is 12.2. The zero-order valence-electron chi connectivity index (χ0n) is 19.6. The fraction of sp³-hybridized carbons (Fsp3) is 0.840. The lowest BCUT2D eigenvalue weighted by atomic mass is 10.1. The van der Waals surface area contributed by atoms with E-state index in [-0.39, 0.29) is 5.97 Å². The maximum absolute atomic E-state index is 11.1. The molecule has 29 heavy (non-hydrogen) atoms. The number of unbranched alkanes of at least 4 members (excludes halogenated alkanes) is 11. The molecule has 0 spiro atoms. The molecule has 1 fully saturated rings. The number of hydrogen-bond acceptors (Lipinski definition) is 3. The van der Waals surface area contributed by atoms with Crippen molar-refractivity contribution in [3.63, 3.8) is 0 Å². The average molecular weight is 410 g/mol. The van der Waals surface area contributed by atoms with E-state index in [1.54, 1.807) is 4.90 Å². The topological polar surface area (TPSA) is 46.6 Å². The molecule has 4 nitrogen and oxygen atoms in total. The number of esters is 1. The number of nitrogens with zero attached hydrogens (tertiary/aromatic N) is 1. The maximum atomic E-state index is 11.1. The van der Waals surface area contributed by atoms with E-state index in [0.717, 1.165) is 32.2 Å². The summed E-state index contributed by atoms with van der Waals surface area (Å²) in [7, 11) is 1.84. The van der Waals surface area contributed by atoms with Crippen LogP contribution in [0, 0.1) is 0 Å². The number of rotatable bonds is 16. The normalized spacial score (nSPS) is 13.6. The van der Waals surface area contributed by atoms with Gasteiger partial charge in [0, 0.05) is 26.4 Å². The van der Waals surface area contributed by atoms with Crippen LogP contribution in [0.15, 0.2) is 12.2 Å². The molecule has 0 aromatic carbocycles. The molecule has 0 bridgehead atoms. The predicted molar refractivity (Wildman–Crippen MR) is 123 cm³/mol. The van der Waals surface area contributed by atoms with Gasteiger partial charge in [-0.05, 0) is 45.4 Å². The lowest BCUT2D eigenvalue weighted by Crippen LogP contribution is -2.17. The SMILES string of the molecule is CCCCCCCC/C=C\CCCCCCCC(=O)OCC.CN1CCCC1=O. The quantitative estimate of drug-likeness (QED) is 0.159. The lowest BCUT2D eigenvalue weighted by molar-refractivity contribution is -0.143. The third-order valence-electron chi connectivity index (χ3n) is 5.26. The molecule has 0 atom stereocenters. The standard InChI is InChI=1S/C20H38O2.C5H9NO/c1-3-5-6-7-8-9-10-11-12-13-14-15-16-17-18-19-20(21)22-4-2;1-6-4-2-3-5(6)7/h11-12H,3-10,13-19H2,1-2H3;2-4H2,1H3/b12-11-;. The van der Waals surface area contributed by atoms with Gasteiger partial charge in [-0.1, -0.05) is 70.4 Å². The van der Waals surface area contributed by atoms with Gasteiger partial charge in [-0.2, -0.15) is 0 Å². The van der Waals surface area contributed by atoms with Crippen molar-refractivity contribution in [3.05, 3.63) is 12.2 Å². The first-order valence-corrected chi connectivity index (χ1v) is 12.2. The van der Waals surface area contributed by atoms with E-state index in [2.05, 4.69) is 19.1 Å². The molecule has 0 saturated carbocycles. The van der Waals surface area contributed by atoms with Gasteiger partial charge in [-0.25, -0.2) is 0 Å². The van der Waals surface area contributed by atoms with Gasteiger partial charge in [-0.15, -0.1) is 0 Å². The molecule has 4 heteroatoms. The zero-order valence-corrected chi connectivity index (χ0v) is 19.6. The second-order valence-corrected chi connectivity index (χ2v) is 8.06. The van der Waals surface area contributed by atoms with Crippen molar-refractivity contribution < 1.29 is 14.3 Å². The van der Waals surface area contributed by atoms with Crippen molar-refractivity contribution in [2.45, 2.75) is 117 Å². The molecule has 1 heterocycles. The van der Waals surface area contributed by atoms with E-state index in [4.69, 9.17) is 4.74 Å². The molecule has 170 valence electrons. The summed E-state index contributed by atoms with van der Waals surface area (Å²) in [4.78, 5) is 23.4. The molecule has 0 aromatic heterocycles. The van der Waals surface area contributed by atoms with Crippen LogP contribution in [0.3, 0.4) is 0 Å². The number of ether oxygens (including phenoxy) is 1. The third-order valence-corrected chi connectivity index (χ3v) is 5.26. The molecule has 1 saturated heterocycles. The van der Waals surface area contributed by atoms with Crippen molar-refractivity contribution >= 4 is 11.9 Å². The van der Waals surface area contributed by atoms with Gasteiger partial charge < -0.3 is 9.64 Å². The summed E-state index contributed by atoms with van der Waals surface area (Å²) in [6.07, 6.45) is 23.8. The molecular formula is C25H47NO3. The number of hydrogen-bond donors (Lipinski definition) is 0. The van der Waals surface area contributed by atoms with Crippen LogP contribution < -0.4 is 0 Å². The summed E-state index contributed by atoms with van der Waals surface area (Å²) in [6.45, 7) is 5.59. The molecule has 0 unspecified atom stereocenters. The van der Waals surface area contributed by atoms with E-state index in [1.165, 1.54) is 70.6 Å². The van der Waals surface area contributed by atoms with Crippen LogP contribution in [0.4, 0.5) is 0 Å². The Hall–Kier alpha value is -1.32. The Balaban J connectivity index is 0.000000929. The highest BCUT2D eigenvalue weighted by molar-refractivity contribution is 5.77. The van der Waals surface area contributed by atoms with E-state index < -0.39 is 0 Å². The summed E-state index contributed by atoms with van der Waals surface area (Å²) in [5.74, 6) is 0.250. The number of carbonyl (C=O) groups is 2. The fourth-order valence-electron chi connectivity index (χ4n) is 3.36. The highest BCUT2D eigenvalue weighted by Gasteiger charge is 2.14. The molecule has 1 amide bonds. The molecule has 0 aromatic rings. The second-order valence-electron chi connectivity index (χ2n) is 8.06. The third kappa shape index (κ3) is 19.8. The minimum absolute atomic E-state index is 0.0415. The number of carbonyl (C=O) groups excluding carboxylic acids is 2. The van der Waals surface area contributed by atoms with E-state index in [9.17, 15) is 9.59 Å². The van der Waals surface area contributed by atoms with Crippen molar-refractivity contribution in [2.75, 3.05) is 20.2 Å². The van der Waals surface area contributed by atoms with Crippen LogP contribution in [0.25, 0.3) is 0 Å². The predicted octanol–water partition coefficient (Wildman–Crippen LogP) is 6.83. The van der Waals surface area contributed by atoms with E-state index in [0.29, 0.717) is 18.9 Å². The Labute approximate surface area is 180 Å². The Kier molecular flexibility index (Phi) is 20.4. The smallest absolute Gasteiger partial charge is 0.305 e. The summed E-state index contributed by atoms with van der Waals surface area (Å²) >= 11 is 0. The molecule has 1 aliphatic heterocycles. The van der Waals surface area contributed by atoms with Gasteiger partial charge >= 0.3 is 5.97 Å². The minimum atomic E-state index is -0.0415. The molecule has 1 aliphatic rings. The molecular weight excluding hydrogens is 362 g/mol.